The van der Waals surface area contributed by atoms with E-state index in [1.807, 2.05) is 32.0 Å². The van der Waals surface area contributed by atoms with Gasteiger partial charge in [0.1, 0.15) is 12.2 Å². The van der Waals surface area contributed by atoms with Gasteiger partial charge in [-0.15, -0.1) is 5.10 Å². The molecular weight excluding hydrogens is 284 g/mol. The SMILES string of the molecule is Cc1cccc(C)c1CC(=O)NCc1cn(CC(=O)O)nn1. The largest absolute Gasteiger partial charge is 0.480 e. The number of carboxylic acids is 1. The summed E-state index contributed by atoms with van der Waals surface area (Å²) >= 11 is 0. The number of nitrogens with zero attached hydrogens (tertiary/aromatic N) is 3. The lowest BCUT2D eigenvalue weighted by Crippen LogP contribution is -2.25. The van der Waals surface area contributed by atoms with Gasteiger partial charge >= 0.3 is 5.97 Å². The number of hydrogen-bond donors (Lipinski definition) is 2. The summed E-state index contributed by atoms with van der Waals surface area (Å²) in [6.45, 7) is 3.94. The minimum Gasteiger partial charge on any atom is -0.480 e. The van der Waals surface area contributed by atoms with Crippen LogP contribution in [0.4, 0.5) is 0 Å². The molecule has 0 spiro atoms. The Morgan fingerprint density at radius 2 is 1.95 bits per heavy atom. The van der Waals surface area contributed by atoms with Crippen molar-refractivity contribution in [2.45, 2.75) is 33.4 Å². The molecule has 1 aromatic carbocycles. The highest BCUT2D eigenvalue weighted by Crippen LogP contribution is 2.13. The van der Waals surface area contributed by atoms with Gasteiger partial charge in [0.2, 0.25) is 5.91 Å². The lowest BCUT2D eigenvalue weighted by Gasteiger charge is -2.09. The van der Waals surface area contributed by atoms with Crippen LogP contribution in [-0.2, 0) is 29.1 Å². The van der Waals surface area contributed by atoms with Crippen molar-refractivity contribution in [1.82, 2.24) is 20.3 Å². The molecule has 2 rings (SSSR count). The minimum absolute atomic E-state index is 0.106. The summed E-state index contributed by atoms with van der Waals surface area (Å²) < 4.78 is 1.22. The van der Waals surface area contributed by atoms with Crippen LogP contribution in [0.3, 0.4) is 0 Å². The number of hydrogen-bond acceptors (Lipinski definition) is 4. The zero-order valence-corrected chi connectivity index (χ0v) is 12.5. The molecule has 22 heavy (non-hydrogen) atoms. The number of carboxylic acid groups (broad SMARTS) is 1. The van der Waals surface area contributed by atoms with Crippen molar-refractivity contribution in [3.05, 3.63) is 46.8 Å². The van der Waals surface area contributed by atoms with Crippen molar-refractivity contribution in [3.8, 4) is 0 Å². The Morgan fingerprint density at radius 3 is 2.59 bits per heavy atom. The Kier molecular flexibility index (Phi) is 4.88. The van der Waals surface area contributed by atoms with Crippen LogP contribution in [0, 0.1) is 13.8 Å². The van der Waals surface area contributed by atoms with E-state index in [-0.39, 0.29) is 19.0 Å². The Hall–Kier alpha value is -2.70. The van der Waals surface area contributed by atoms with E-state index in [0.717, 1.165) is 16.7 Å². The molecular formula is C15H18N4O3. The first-order chi connectivity index (χ1) is 10.5. The van der Waals surface area contributed by atoms with E-state index in [0.29, 0.717) is 12.1 Å². The van der Waals surface area contributed by atoms with E-state index >= 15 is 0 Å². The molecule has 0 radical (unpaired) electrons. The molecule has 0 aliphatic heterocycles. The zero-order valence-electron chi connectivity index (χ0n) is 12.5. The molecule has 7 nitrogen and oxygen atoms in total. The van der Waals surface area contributed by atoms with Crippen LogP contribution >= 0.6 is 0 Å². The second-order valence-electron chi connectivity index (χ2n) is 5.13. The van der Waals surface area contributed by atoms with Gasteiger partial charge in [0.05, 0.1) is 19.2 Å². The summed E-state index contributed by atoms with van der Waals surface area (Å²) in [7, 11) is 0. The van der Waals surface area contributed by atoms with E-state index in [4.69, 9.17) is 5.11 Å². The highest BCUT2D eigenvalue weighted by atomic mass is 16.4. The van der Waals surface area contributed by atoms with E-state index in [2.05, 4.69) is 15.6 Å². The molecule has 1 amide bonds. The lowest BCUT2D eigenvalue weighted by atomic mass is 10.00. The van der Waals surface area contributed by atoms with E-state index in [1.165, 1.54) is 10.9 Å². The van der Waals surface area contributed by atoms with Crippen LogP contribution in [0.1, 0.15) is 22.4 Å². The molecule has 0 bridgehead atoms. The van der Waals surface area contributed by atoms with Gasteiger partial charge in [-0.2, -0.15) is 0 Å². The fourth-order valence-electron chi connectivity index (χ4n) is 2.18. The molecule has 0 saturated carbocycles. The van der Waals surface area contributed by atoms with Crippen LogP contribution in [0.2, 0.25) is 0 Å². The molecule has 2 N–H and O–H groups in total. The standard InChI is InChI=1S/C15H18N4O3/c1-10-4-3-5-11(2)13(10)6-14(20)16-7-12-8-19(18-17-12)9-15(21)22/h3-5,8H,6-7,9H2,1-2H3,(H,16,20)(H,21,22). The predicted molar refractivity (Wildman–Crippen MR) is 79.1 cm³/mol. The first-order valence-electron chi connectivity index (χ1n) is 6.88. The molecule has 0 atom stereocenters. The van der Waals surface area contributed by atoms with Crippen LogP contribution in [0.25, 0.3) is 0 Å². The number of amides is 1. The zero-order chi connectivity index (χ0) is 16.1. The average Bonchev–Trinajstić information content (AvgIpc) is 2.87. The maximum atomic E-state index is 12.0. The average molecular weight is 302 g/mol. The smallest absolute Gasteiger partial charge is 0.325 e. The van der Waals surface area contributed by atoms with Crippen molar-refractivity contribution >= 4 is 11.9 Å². The fourth-order valence-corrected chi connectivity index (χ4v) is 2.18. The van der Waals surface area contributed by atoms with Crippen molar-refractivity contribution in [2.75, 3.05) is 0 Å². The second-order valence-corrected chi connectivity index (χ2v) is 5.13. The van der Waals surface area contributed by atoms with E-state index in [1.54, 1.807) is 0 Å². The summed E-state index contributed by atoms with van der Waals surface area (Å²) in [5.74, 6) is -1.10. The maximum absolute atomic E-state index is 12.0. The highest BCUT2D eigenvalue weighted by Gasteiger charge is 2.10. The van der Waals surface area contributed by atoms with Crippen molar-refractivity contribution in [2.24, 2.45) is 0 Å². The number of benzene rings is 1. The van der Waals surface area contributed by atoms with Gasteiger partial charge < -0.3 is 10.4 Å². The number of aryl methyl sites for hydroxylation is 2. The summed E-state index contributed by atoms with van der Waals surface area (Å²) in [6.07, 6.45) is 1.81. The number of rotatable bonds is 6. The molecule has 0 unspecified atom stereocenters. The van der Waals surface area contributed by atoms with Crippen LogP contribution in [0.15, 0.2) is 24.4 Å². The maximum Gasteiger partial charge on any atom is 0.325 e. The number of carbonyl (C=O) groups excluding carboxylic acids is 1. The molecule has 116 valence electrons. The van der Waals surface area contributed by atoms with Crippen molar-refractivity contribution < 1.29 is 14.7 Å². The Labute approximate surface area is 128 Å². The van der Waals surface area contributed by atoms with Gasteiger partial charge in [-0.1, -0.05) is 23.4 Å². The second kappa shape index (κ2) is 6.84. The van der Waals surface area contributed by atoms with Crippen molar-refractivity contribution in [3.63, 3.8) is 0 Å². The quantitative estimate of drug-likeness (QED) is 0.824. The first kappa shape index (κ1) is 15.7. The van der Waals surface area contributed by atoms with Gasteiger partial charge in [-0.05, 0) is 30.5 Å². The molecule has 0 aliphatic rings. The van der Waals surface area contributed by atoms with Gasteiger partial charge in [0.25, 0.3) is 0 Å². The third-order valence-corrected chi connectivity index (χ3v) is 3.33. The number of aromatic nitrogens is 3. The monoisotopic (exact) mass is 302 g/mol. The minimum atomic E-state index is -0.990. The fraction of sp³-hybridized carbons (Fsp3) is 0.333. The highest BCUT2D eigenvalue weighted by molar-refractivity contribution is 5.79. The predicted octanol–water partition coefficient (Wildman–Crippen LogP) is 0.838. The number of carbonyl (C=O) groups is 2. The molecule has 0 saturated heterocycles. The van der Waals surface area contributed by atoms with Gasteiger partial charge in [-0.3, -0.25) is 9.59 Å². The van der Waals surface area contributed by atoms with Crippen LogP contribution < -0.4 is 5.32 Å². The van der Waals surface area contributed by atoms with Gasteiger partial charge in [0.15, 0.2) is 0 Å². The summed E-state index contributed by atoms with van der Waals surface area (Å²) in [6, 6.07) is 5.92. The Balaban J connectivity index is 1.90. The normalized spacial score (nSPS) is 10.5. The van der Waals surface area contributed by atoms with E-state index < -0.39 is 5.97 Å². The molecule has 0 fully saturated rings. The first-order valence-corrected chi connectivity index (χ1v) is 6.88. The van der Waals surface area contributed by atoms with E-state index in [9.17, 15) is 9.59 Å². The van der Waals surface area contributed by atoms with Gasteiger partial charge in [0, 0.05) is 0 Å². The molecule has 1 aromatic heterocycles. The lowest BCUT2D eigenvalue weighted by molar-refractivity contribution is -0.138. The molecule has 1 heterocycles. The summed E-state index contributed by atoms with van der Waals surface area (Å²) in [5.41, 5.74) is 3.72. The molecule has 2 aromatic rings. The number of aliphatic carboxylic acids is 1. The summed E-state index contributed by atoms with van der Waals surface area (Å²) in [5, 5.41) is 18.9. The molecule has 7 heteroatoms. The Morgan fingerprint density at radius 1 is 1.27 bits per heavy atom. The molecule has 0 aliphatic carbocycles. The Bertz CT molecular complexity index is 674. The number of nitrogens with one attached hydrogen (secondary N) is 1. The van der Waals surface area contributed by atoms with Crippen molar-refractivity contribution in [1.29, 1.82) is 0 Å². The van der Waals surface area contributed by atoms with Crippen LogP contribution in [0.5, 0.6) is 0 Å². The topological polar surface area (TPSA) is 97.1 Å². The van der Waals surface area contributed by atoms with Gasteiger partial charge in [-0.25, -0.2) is 4.68 Å². The summed E-state index contributed by atoms with van der Waals surface area (Å²) in [4.78, 5) is 22.6. The third kappa shape index (κ3) is 4.15. The van der Waals surface area contributed by atoms with Crippen LogP contribution in [-0.4, -0.2) is 32.0 Å². The third-order valence-electron chi connectivity index (χ3n) is 3.33.